The van der Waals surface area contributed by atoms with Gasteiger partial charge in [0.05, 0.1) is 0 Å². The van der Waals surface area contributed by atoms with E-state index in [1.54, 1.807) is 0 Å². The predicted molar refractivity (Wildman–Crippen MR) is 49.8 cm³/mol. The molecule has 0 aliphatic carbocycles. The third-order valence-corrected chi connectivity index (χ3v) is 2.11. The molecule has 0 bridgehead atoms. The fourth-order valence-electron chi connectivity index (χ4n) is 0.994. The fraction of sp³-hybridized carbons (Fsp3) is 0. The molecule has 60 valence electrons. The van der Waals surface area contributed by atoms with Crippen molar-refractivity contribution in [2.45, 2.75) is 0 Å². The minimum absolute atomic E-state index is 0.668. The summed E-state index contributed by atoms with van der Waals surface area (Å²) in [6.07, 6.45) is 0. The van der Waals surface area contributed by atoms with Gasteiger partial charge in [-0.2, -0.15) is 0 Å². The van der Waals surface area contributed by atoms with Crippen LogP contribution in [0.1, 0.15) is 0 Å². The van der Waals surface area contributed by atoms with Gasteiger partial charge in [-0.25, -0.2) is 0 Å². The monoisotopic (exact) mass is 177 g/mol. The Morgan fingerprint density at radius 1 is 1.17 bits per heavy atom. The zero-order valence-corrected chi connectivity index (χ0v) is 7.08. The largest absolute Gasteiger partial charge is 0.387 e. The average molecular weight is 177 g/mol. The summed E-state index contributed by atoms with van der Waals surface area (Å²) in [5, 5.41) is 4.60. The molecule has 0 radical (unpaired) electrons. The van der Waals surface area contributed by atoms with Gasteiger partial charge < -0.3 is 5.73 Å². The van der Waals surface area contributed by atoms with E-state index in [1.165, 1.54) is 11.5 Å². The summed E-state index contributed by atoms with van der Waals surface area (Å²) < 4.78 is 3.76. The molecule has 2 rings (SSSR count). The van der Waals surface area contributed by atoms with Crippen molar-refractivity contribution in [3.8, 4) is 11.3 Å². The fourth-order valence-corrected chi connectivity index (χ4v) is 1.45. The van der Waals surface area contributed by atoms with Crippen LogP contribution in [0.15, 0.2) is 30.3 Å². The Labute approximate surface area is 74.0 Å². The van der Waals surface area contributed by atoms with Crippen molar-refractivity contribution in [2.24, 2.45) is 0 Å². The van der Waals surface area contributed by atoms with Gasteiger partial charge in [0.2, 0.25) is 0 Å². The van der Waals surface area contributed by atoms with Crippen molar-refractivity contribution in [3.63, 3.8) is 0 Å². The van der Waals surface area contributed by atoms with Crippen LogP contribution in [0, 0.1) is 0 Å². The van der Waals surface area contributed by atoms with E-state index >= 15 is 0 Å². The number of aromatic nitrogens is 2. The zero-order chi connectivity index (χ0) is 8.39. The number of hydrogen-bond acceptors (Lipinski definition) is 4. The second-order valence-corrected chi connectivity index (χ2v) is 3.14. The van der Waals surface area contributed by atoms with E-state index in [-0.39, 0.29) is 0 Å². The van der Waals surface area contributed by atoms with E-state index in [1.807, 2.05) is 30.3 Å². The Morgan fingerprint density at radius 2 is 1.92 bits per heavy atom. The van der Waals surface area contributed by atoms with Gasteiger partial charge in [-0.15, -0.1) is 5.10 Å². The number of nitrogen functional groups attached to an aromatic ring is 1. The highest BCUT2D eigenvalue weighted by molar-refractivity contribution is 7.10. The summed E-state index contributed by atoms with van der Waals surface area (Å²) in [5.74, 6) is 0. The molecule has 0 fully saturated rings. The molecule has 0 saturated carbocycles. The van der Waals surface area contributed by atoms with E-state index in [2.05, 4.69) is 9.59 Å². The zero-order valence-electron chi connectivity index (χ0n) is 6.27. The Bertz CT molecular complexity index is 369. The second-order valence-electron chi connectivity index (χ2n) is 2.35. The van der Waals surface area contributed by atoms with Crippen LogP contribution in [-0.2, 0) is 0 Å². The molecule has 12 heavy (non-hydrogen) atoms. The van der Waals surface area contributed by atoms with E-state index in [0.717, 1.165) is 11.3 Å². The maximum Gasteiger partial charge on any atom is 0.135 e. The van der Waals surface area contributed by atoms with Crippen molar-refractivity contribution in [1.82, 2.24) is 9.59 Å². The van der Waals surface area contributed by atoms with Crippen molar-refractivity contribution in [3.05, 3.63) is 30.3 Å². The number of nitrogens with two attached hydrogens (primary N) is 1. The summed E-state index contributed by atoms with van der Waals surface area (Å²) >= 11 is 1.22. The molecular weight excluding hydrogens is 170 g/mol. The van der Waals surface area contributed by atoms with Gasteiger partial charge >= 0.3 is 0 Å². The van der Waals surface area contributed by atoms with E-state index < -0.39 is 0 Å². The maximum atomic E-state index is 5.67. The lowest BCUT2D eigenvalue weighted by atomic mass is 10.2. The number of nitrogens with zero attached hydrogens (tertiary/aromatic N) is 2. The molecule has 1 aromatic carbocycles. The molecule has 2 N–H and O–H groups in total. The summed E-state index contributed by atoms with van der Waals surface area (Å²) in [5.41, 5.74) is 7.46. The molecule has 0 saturated heterocycles. The van der Waals surface area contributed by atoms with Crippen molar-refractivity contribution >= 4 is 16.5 Å². The van der Waals surface area contributed by atoms with Crippen LogP contribution in [0.4, 0.5) is 5.00 Å². The number of hydrogen-bond donors (Lipinski definition) is 1. The first-order valence-electron chi connectivity index (χ1n) is 3.51. The van der Waals surface area contributed by atoms with Crippen LogP contribution in [0.2, 0.25) is 0 Å². The van der Waals surface area contributed by atoms with Gasteiger partial charge in [0.15, 0.2) is 0 Å². The van der Waals surface area contributed by atoms with Crippen LogP contribution in [0.3, 0.4) is 0 Å². The smallest absolute Gasteiger partial charge is 0.135 e. The Hall–Kier alpha value is -1.42. The van der Waals surface area contributed by atoms with Gasteiger partial charge in [0.1, 0.15) is 10.7 Å². The first-order valence-corrected chi connectivity index (χ1v) is 4.28. The van der Waals surface area contributed by atoms with Crippen molar-refractivity contribution < 1.29 is 0 Å². The standard InChI is InChI=1S/C8H7N3S/c9-8-7(10-11-12-8)6-4-2-1-3-5-6/h1-5H,9H2. The molecule has 0 amide bonds. The first kappa shape index (κ1) is 7.24. The lowest BCUT2D eigenvalue weighted by molar-refractivity contribution is 1.16. The highest BCUT2D eigenvalue weighted by atomic mass is 32.1. The Balaban J connectivity index is 2.51. The molecule has 4 heteroatoms. The Kier molecular flexibility index (Phi) is 1.75. The number of benzene rings is 1. The highest BCUT2D eigenvalue weighted by Gasteiger charge is 2.04. The lowest BCUT2D eigenvalue weighted by Gasteiger charge is -1.94. The predicted octanol–water partition coefficient (Wildman–Crippen LogP) is 1.79. The normalized spacial score (nSPS) is 10.0. The molecule has 2 aromatic rings. The quantitative estimate of drug-likeness (QED) is 0.722. The van der Waals surface area contributed by atoms with Crippen LogP contribution in [0.5, 0.6) is 0 Å². The first-order chi connectivity index (χ1) is 5.88. The molecule has 0 aliphatic heterocycles. The van der Waals surface area contributed by atoms with E-state index in [0.29, 0.717) is 5.00 Å². The minimum Gasteiger partial charge on any atom is -0.387 e. The van der Waals surface area contributed by atoms with Crippen LogP contribution in [0.25, 0.3) is 11.3 Å². The molecule has 0 atom stereocenters. The van der Waals surface area contributed by atoms with Gasteiger partial charge in [0, 0.05) is 17.1 Å². The average Bonchev–Trinajstić information content (AvgIpc) is 2.53. The topological polar surface area (TPSA) is 51.8 Å². The Morgan fingerprint density at radius 3 is 2.50 bits per heavy atom. The second kappa shape index (κ2) is 2.91. The summed E-state index contributed by atoms with van der Waals surface area (Å²) in [6.45, 7) is 0. The van der Waals surface area contributed by atoms with Crippen LogP contribution in [-0.4, -0.2) is 9.59 Å². The lowest BCUT2D eigenvalue weighted by Crippen LogP contribution is -1.84. The van der Waals surface area contributed by atoms with Gasteiger partial charge in [0.25, 0.3) is 0 Å². The van der Waals surface area contributed by atoms with Crippen molar-refractivity contribution in [1.29, 1.82) is 0 Å². The number of rotatable bonds is 1. The minimum atomic E-state index is 0.668. The summed E-state index contributed by atoms with van der Waals surface area (Å²) in [6, 6.07) is 9.79. The highest BCUT2D eigenvalue weighted by Crippen LogP contribution is 2.24. The molecule has 1 heterocycles. The van der Waals surface area contributed by atoms with Gasteiger partial charge in [-0.05, 0) is 0 Å². The molecular formula is C8H7N3S. The SMILES string of the molecule is Nc1snnc1-c1ccccc1. The molecule has 0 unspecified atom stereocenters. The number of anilines is 1. The van der Waals surface area contributed by atoms with Gasteiger partial charge in [-0.3, -0.25) is 0 Å². The third kappa shape index (κ3) is 1.16. The molecule has 0 spiro atoms. The third-order valence-electron chi connectivity index (χ3n) is 1.56. The summed E-state index contributed by atoms with van der Waals surface area (Å²) in [7, 11) is 0. The maximum absolute atomic E-state index is 5.67. The molecule has 0 aliphatic rings. The summed E-state index contributed by atoms with van der Waals surface area (Å²) in [4.78, 5) is 0. The van der Waals surface area contributed by atoms with Crippen LogP contribution < -0.4 is 5.73 Å². The van der Waals surface area contributed by atoms with Gasteiger partial charge in [-0.1, -0.05) is 34.8 Å². The van der Waals surface area contributed by atoms with E-state index in [4.69, 9.17) is 5.73 Å². The van der Waals surface area contributed by atoms with Crippen LogP contribution >= 0.6 is 11.5 Å². The van der Waals surface area contributed by atoms with E-state index in [9.17, 15) is 0 Å². The molecule has 3 nitrogen and oxygen atoms in total. The molecule has 1 aromatic heterocycles. The van der Waals surface area contributed by atoms with Crippen molar-refractivity contribution in [2.75, 3.05) is 5.73 Å².